The lowest BCUT2D eigenvalue weighted by Gasteiger charge is -2.09. The summed E-state index contributed by atoms with van der Waals surface area (Å²) in [5, 5.41) is 1.91. The molecule has 0 spiro atoms. The van der Waals surface area contributed by atoms with Crippen LogP contribution in [0.15, 0.2) is 34.1 Å². The topological polar surface area (TPSA) is 35.5 Å². The Hall–Kier alpha value is -1.33. The first-order chi connectivity index (χ1) is 9.65. The first kappa shape index (κ1) is 15.1. The number of hydrogen-bond acceptors (Lipinski definition) is 4. The maximum absolute atomic E-state index is 11.9. The molecule has 0 fully saturated rings. The van der Waals surface area contributed by atoms with Crippen LogP contribution in [-0.4, -0.2) is 19.7 Å². The highest BCUT2D eigenvalue weighted by atomic mass is 79.9. The Balaban J connectivity index is 2.29. The van der Waals surface area contributed by atoms with Crippen LogP contribution in [0.5, 0.6) is 5.75 Å². The SMILES string of the molecule is CCOC(=O)c1sccc1Cc1cc(Br)ccc1OC. The van der Waals surface area contributed by atoms with Gasteiger partial charge < -0.3 is 9.47 Å². The molecule has 2 aromatic rings. The van der Waals surface area contributed by atoms with Crippen molar-refractivity contribution in [1.29, 1.82) is 0 Å². The average Bonchev–Trinajstić information content (AvgIpc) is 2.87. The molecule has 0 saturated heterocycles. The van der Waals surface area contributed by atoms with Gasteiger partial charge in [-0.25, -0.2) is 4.79 Å². The molecule has 3 nitrogen and oxygen atoms in total. The number of hydrogen-bond donors (Lipinski definition) is 0. The van der Waals surface area contributed by atoms with Crippen LogP contribution in [0.3, 0.4) is 0 Å². The van der Waals surface area contributed by atoms with Crippen molar-refractivity contribution in [2.24, 2.45) is 0 Å². The zero-order valence-electron chi connectivity index (χ0n) is 11.3. The summed E-state index contributed by atoms with van der Waals surface area (Å²) in [4.78, 5) is 12.5. The molecule has 20 heavy (non-hydrogen) atoms. The quantitative estimate of drug-likeness (QED) is 0.751. The van der Waals surface area contributed by atoms with E-state index in [-0.39, 0.29) is 5.97 Å². The molecule has 5 heteroatoms. The Morgan fingerprint density at radius 2 is 2.10 bits per heavy atom. The van der Waals surface area contributed by atoms with E-state index < -0.39 is 0 Å². The molecule has 1 aromatic carbocycles. The molecule has 0 unspecified atom stereocenters. The standard InChI is InChI=1S/C15H15BrO3S/c1-3-19-15(17)14-10(6-7-20-14)8-11-9-12(16)4-5-13(11)18-2/h4-7,9H,3,8H2,1-2H3. The molecular formula is C15H15BrO3S. The summed E-state index contributed by atoms with van der Waals surface area (Å²) < 4.78 is 11.4. The van der Waals surface area contributed by atoms with Gasteiger partial charge in [-0.3, -0.25) is 0 Å². The number of thiophene rings is 1. The Morgan fingerprint density at radius 1 is 1.30 bits per heavy atom. The van der Waals surface area contributed by atoms with Gasteiger partial charge >= 0.3 is 5.97 Å². The van der Waals surface area contributed by atoms with Gasteiger partial charge in [-0.1, -0.05) is 15.9 Å². The summed E-state index contributed by atoms with van der Waals surface area (Å²) in [6, 6.07) is 7.81. The monoisotopic (exact) mass is 354 g/mol. The second-order valence-electron chi connectivity index (χ2n) is 4.13. The predicted molar refractivity (Wildman–Crippen MR) is 83.8 cm³/mol. The third-order valence-corrected chi connectivity index (χ3v) is 4.26. The molecule has 0 aliphatic heterocycles. The molecule has 0 saturated carbocycles. The van der Waals surface area contributed by atoms with Crippen LogP contribution in [0, 0.1) is 0 Å². The summed E-state index contributed by atoms with van der Waals surface area (Å²) in [5.74, 6) is 0.556. The normalized spacial score (nSPS) is 10.3. The molecule has 106 valence electrons. The molecule has 1 aromatic heterocycles. The first-order valence-electron chi connectivity index (χ1n) is 6.21. The lowest BCUT2D eigenvalue weighted by Crippen LogP contribution is -2.05. The Morgan fingerprint density at radius 3 is 2.80 bits per heavy atom. The van der Waals surface area contributed by atoms with Gasteiger partial charge in [0.15, 0.2) is 0 Å². The molecule has 0 atom stereocenters. The zero-order chi connectivity index (χ0) is 14.5. The Kier molecular flexibility index (Phi) is 5.20. The van der Waals surface area contributed by atoms with E-state index in [4.69, 9.17) is 9.47 Å². The number of benzene rings is 1. The fourth-order valence-electron chi connectivity index (χ4n) is 1.94. The van der Waals surface area contributed by atoms with Crippen LogP contribution in [0.1, 0.15) is 27.7 Å². The molecule has 1 heterocycles. The number of carbonyl (C=O) groups excluding carboxylic acids is 1. The number of carbonyl (C=O) groups is 1. The van der Waals surface area contributed by atoms with Crippen molar-refractivity contribution < 1.29 is 14.3 Å². The third-order valence-electron chi connectivity index (χ3n) is 2.83. The van der Waals surface area contributed by atoms with Gasteiger partial charge in [0.25, 0.3) is 0 Å². The van der Waals surface area contributed by atoms with E-state index in [0.717, 1.165) is 21.3 Å². The molecule has 2 rings (SSSR count). The maximum Gasteiger partial charge on any atom is 0.348 e. The van der Waals surface area contributed by atoms with Crippen LogP contribution in [-0.2, 0) is 11.2 Å². The molecular weight excluding hydrogens is 340 g/mol. The summed E-state index contributed by atoms with van der Waals surface area (Å²) in [6.45, 7) is 2.19. The van der Waals surface area contributed by atoms with E-state index in [1.807, 2.05) is 36.6 Å². The number of halogens is 1. The second kappa shape index (κ2) is 6.90. The van der Waals surface area contributed by atoms with Crippen LogP contribution in [0.4, 0.5) is 0 Å². The van der Waals surface area contributed by atoms with Crippen molar-refractivity contribution >= 4 is 33.2 Å². The minimum Gasteiger partial charge on any atom is -0.496 e. The Labute approximate surface area is 130 Å². The van der Waals surface area contributed by atoms with Gasteiger partial charge in [0.1, 0.15) is 10.6 Å². The van der Waals surface area contributed by atoms with Crippen LogP contribution in [0.2, 0.25) is 0 Å². The molecule has 0 radical (unpaired) electrons. The van der Waals surface area contributed by atoms with Gasteiger partial charge in [0, 0.05) is 10.9 Å². The molecule has 0 amide bonds. The molecule has 0 aliphatic rings. The Bertz CT molecular complexity index is 607. The summed E-state index contributed by atoms with van der Waals surface area (Å²) in [5.41, 5.74) is 2.00. The van der Waals surface area contributed by atoms with Crippen molar-refractivity contribution in [2.75, 3.05) is 13.7 Å². The number of methoxy groups -OCH3 is 1. The lowest BCUT2D eigenvalue weighted by molar-refractivity contribution is 0.0531. The molecule has 0 N–H and O–H groups in total. The highest BCUT2D eigenvalue weighted by Gasteiger charge is 2.16. The second-order valence-corrected chi connectivity index (χ2v) is 5.96. The number of rotatable bonds is 5. The largest absolute Gasteiger partial charge is 0.496 e. The molecule has 0 aliphatic carbocycles. The fourth-order valence-corrected chi connectivity index (χ4v) is 3.16. The van der Waals surface area contributed by atoms with Crippen LogP contribution < -0.4 is 4.74 Å². The summed E-state index contributed by atoms with van der Waals surface area (Å²) >= 11 is 4.86. The minimum absolute atomic E-state index is 0.258. The van der Waals surface area contributed by atoms with Gasteiger partial charge in [-0.15, -0.1) is 11.3 Å². The average molecular weight is 355 g/mol. The third kappa shape index (κ3) is 3.41. The van der Waals surface area contributed by atoms with Gasteiger partial charge in [0.2, 0.25) is 0 Å². The highest BCUT2D eigenvalue weighted by Crippen LogP contribution is 2.28. The van der Waals surface area contributed by atoms with Crippen LogP contribution >= 0.6 is 27.3 Å². The maximum atomic E-state index is 11.9. The zero-order valence-corrected chi connectivity index (χ0v) is 13.7. The predicted octanol–water partition coefficient (Wildman–Crippen LogP) is 4.29. The van der Waals surface area contributed by atoms with E-state index >= 15 is 0 Å². The van der Waals surface area contributed by atoms with Crippen molar-refractivity contribution in [3.63, 3.8) is 0 Å². The minimum atomic E-state index is -0.258. The van der Waals surface area contributed by atoms with E-state index in [2.05, 4.69) is 15.9 Å². The van der Waals surface area contributed by atoms with Crippen molar-refractivity contribution in [3.8, 4) is 5.75 Å². The summed E-state index contributed by atoms with van der Waals surface area (Å²) in [7, 11) is 1.65. The first-order valence-corrected chi connectivity index (χ1v) is 7.89. The highest BCUT2D eigenvalue weighted by molar-refractivity contribution is 9.10. The summed E-state index contributed by atoms with van der Waals surface area (Å²) in [6.07, 6.45) is 0.639. The lowest BCUT2D eigenvalue weighted by atomic mass is 10.0. The number of ether oxygens (including phenoxy) is 2. The van der Waals surface area contributed by atoms with Gasteiger partial charge in [-0.05, 0) is 47.7 Å². The van der Waals surface area contributed by atoms with Crippen molar-refractivity contribution in [1.82, 2.24) is 0 Å². The van der Waals surface area contributed by atoms with Crippen LogP contribution in [0.25, 0.3) is 0 Å². The van der Waals surface area contributed by atoms with E-state index in [1.165, 1.54) is 11.3 Å². The van der Waals surface area contributed by atoms with Gasteiger partial charge in [0.05, 0.1) is 13.7 Å². The smallest absolute Gasteiger partial charge is 0.348 e. The van der Waals surface area contributed by atoms with E-state index in [9.17, 15) is 4.79 Å². The van der Waals surface area contributed by atoms with Gasteiger partial charge in [-0.2, -0.15) is 0 Å². The fraction of sp³-hybridized carbons (Fsp3) is 0.267. The molecule has 0 bridgehead atoms. The number of esters is 1. The van der Waals surface area contributed by atoms with E-state index in [0.29, 0.717) is 17.9 Å². The van der Waals surface area contributed by atoms with E-state index in [1.54, 1.807) is 7.11 Å². The van der Waals surface area contributed by atoms with Crippen molar-refractivity contribution in [3.05, 3.63) is 50.1 Å². The van der Waals surface area contributed by atoms with Crippen molar-refractivity contribution in [2.45, 2.75) is 13.3 Å².